The fourth-order valence-electron chi connectivity index (χ4n) is 2.96. The summed E-state index contributed by atoms with van der Waals surface area (Å²) in [6, 6.07) is 5.45. The van der Waals surface area contributed by atoms with Crippen molar-refractivity contribution in [1.82, 2.24) is 9.13 Å². The molecule has 9 nitrogen and oxygen atoms in total. The molecule has 0 aliphatic rings. The molecule has 0 aliphatic carbocycles. The molecule has 0 saturated heterocycles. The molecule has 0 aliphatic heterocycles. The van der Waals surface area contributed by atoms with Gasteiger partial charge in [-0.1, -0.05) is 13.0 Å². The highest BCUT2D eigenvalue weighted by molar-refractivity contribution is 6.00. The zero-order valence-electron chi connectivity index (χ0n) is 16.6. The van der Waals surface area contributed by atoms with Gasteiger partial charge in [0.25, 0.3) is 11.5 Å². The van der Waals surface area contributed by atoms with Crippen LogP contribution in [0.1, 0.15) is 23.7 Å². The Bertz CT molecular complexity index is 1040. The van der Waals surface area contributed by atoms with Crippen molar-refractivity contribution in [3.8, 4) is 0 Å². The van der Waals surface area contributed by atoms with Gasteiger partial charge in [0, 0.05) is 19.3 Å². The van der Waals surface area contributed by atoms with Crippen molar-refractivity contribution >= 4 is 23.2 Å². The molecule has 1 unspecified atom stereocenters. The third-order valence-electron chi connectivity index (χ3n) is 4.34. The van der Waals surface area contributed by atoms with Crippen molar-refractivity contribution in [2.75, 3.05) is 31.2 Å². The van der Waals surface area contributed by atoms with Gasteiger partial charge in [-0.25, -0.2) is 9.18 Å². The summed E-state index contributed by atoms with van der Waals surface area (Å²) in [7, 11) is 2.89. The molecule has 1 atom stereocenters. The third-order valence-corrected chi connectivity index (χ3v) is 4.34. The molecule has 4 N–H and O–H groups in total. The normalized spacial score (nSPS) is 11.9. The van der Waals surface area contributed by atoms with Crippen LogP contribution in [-0.4, -0.2) is 41.0 Å². The van der Waals surface area contributed by atoms with Crippen LogP contribution in [0.5, 0.6) is 0 Å². The third kappa shape index (κ3) is 5.17. The minimum absolute atomic E-state index is 0.0862. The van der Waals surface area contributed by atoms with Crippen molar-refractivity contribution in [1.29, 1.82) is 0 Å². The average Bonchev–Trinajstić information content (AvgIpc) is 2.63. The first-order valence-corrected chi connectivity index (χ1v) is 9.14. The van der Waals surface area contributed by atoms with E-state index in [1.54, 1.807) is 13.1 Å². The van der Waals surface area contributed by atoms with Gasteiger partial charge in [0.15, 0.2) is 6.54 Å². The van der Waals surface area contributed by atoms with E-state index < -0.39 is 28.8 Å². The van der Waals surface area contributed by atoms with Gasteiger partial charge >= 0.3 is 5.69 Å². The first kappa shape index (κ1) is 22.0. The van der Waals surface area contributed by atoms with Crippen LogP contribution in [0.2, 0.25) is 0 Å². The molecule has 2 rings (SSSR count). The second-order valence-corrected chi connectivity index (χ2v) is 6.85. The highest BCUT2D eigenvalue weighted by Gasteiger charge is 2.24. The zero-order chi connectivity index (χ0) is 21.7. The molecule has 0 spiro atoms. The molecule has 0 saturated carbocycles. The molecular weight excluding hydrogens is 381 g/mol. The summed E-state index contributed by atoms with van der Waals surface area (Å²) < 4.78 is 15.2. The lowest BCUT2D eigenvalue weighted by Crippen LogP contribution is -3.11. The summed E-state index contributed by atoms with van der Waals surface area (Å²) in [5, 5.41) is 2.54. The number of nitrogens with two attached hydrogens (primary N) is 1. The number of hydrogen-bond acceptors (Lipinski definition) is 5. The Morgan fingerprint density at radius 1 is 1.24 bits per heavy atom. The molecule has 156 valence electrons. The Labute approximate surface area is 166 Å². The number of nitrogens with zero attached hydrogens (tertiary/aromatic N) is 2. The number of amides is 1. The number of nitrogens with one attached hydrogen (secondary N) is 2. The van der Waals surface area contributed by atoms with Crippen LogP contribution in [0.15, 0.2) is 33.9 Å². The van der Waals surface area contributed by atoms with E-state index in [4.69, 9.17) is 5.73 Å². The summed E-state index contributed by atoms with van der Waals surface area (Å²) in [5.41, 5.74) is 4.64. The molecule has 1 heterocycles. The van der Waals surface area contributed by atoms with Crippen LogP contribution < -0.4 is 27.2 Å². The first-order valence-electron chi connectivity index (χ1n) is 9.14. The number of rotatable bonds is 8. The summed E-state index contributed by atoms with van der Waals surface area (Å²) in [4.78, 5) is 49.9. The van der Waals surface area contributed by atoms with Gasteiger partial charge in [0.05, 0.1) is 7.05 Å². The highest BCUT2D eigenvalue weighted by atomic mass is 19.1. The van der Waals surface area contributed by atoms with Crippen LogP contribution in [0.25, 0.3) is 0 Å². The van der Waals surface area contributed by atoms with Crippen LogP contribution in [0.4, 0.5) is 15.9 Å². The van der Waals surface area contributed by atoms with Crippen molar-refractivity contribution < 1.29 is 18.9 Å². The highest BCUT2D eigenvalue weighted by Crippen LogP contribution is 2.08. The molecule has 0 radical (unpaired) electrons. The van der Waals surface area contributed by atoms with Crippen molar-refractivity contribution in [3.05, 3.63) is 56.5 Å². The van der Waals surface area contributed by atoms with E-state index in [0.29, 0.717) is 17.0 Å². The first-order chi connectivity index (χ1) is 13.6. The van der Waals surface area contributed by atoms with Gasteiger partial charge in [-0.3, -0.25) is 23.5 Å². The van der Waals surface area contributed by atoms with Gasteiger partial charge in [0.1, 0.15) is 23.7 Å². The number of aromatic nitrogens is 2. The number of carbonyl (C=O) groups excluding carboxylic acids is 2. The Kier molecular flexibility index (Phi) is 7.05. The summed E-state index contributed by atoms with van der Waals surface area (Å²) in [6.07, 6.45) is 0.599. The summed E-state index contributed by atoms with van der Waals surface area (Å²) >= 11 is 0. The van der Waals surface area contributed by atoms with E-state index in [9.17, 15) is 23.6 Å². The number of anilines is 2. The lowest BCUT2D eigenvalue weighted by atomic mass is 10.1. The van der Waals surface area contributed by atoms with Gasteiger partial charge in [-0.05, 0) is 24.6 Å². The number of likely N-dealkylation sites (N-methyl/N-ethyl adjacent to an activating group) is 1. The fraction of sp³-hybridized carbons (Fsp3) is 0.368. The molecule has 29 heavy (non-hydrogen) atoms. The molecule has 10 heteroatoms. The monoisotopic (exact) mass is 406 g/mol. The Balaban J connectivity index is 2.14. The van der Waals surface area contributed by atoms with E-state index in [-0.39, 0.29) is 31.0 Å². The number of nitrogen functional groups attached to an aromatic ring is 1. The van der Waals surface area contributed by atoms with Crippen LogP contribution >= 0.6 is 0 Å². The van der Waals surface area contributed by atoms with E-state index in [2.05, 4.69) is 5.32 Å². The topological polar surface area (TPSA) is 121 Å². The van der Waals surface area contributed by atoms with Crippen LogP contribution in [0, 0.1) is 5.82 Å². The smallest absolute Gasteiger partial charge is 0.332 e. The van der Waals surface area contributed by atoms with Crippen molar-refractivity contribution in [3.63, 3.8) is 0 Å². The van der Waals surface area contributed by atoms with Gasteiger partial charge in [-0.2, -0.15) is 0 Å². The summed E-state index contributed by atoms with van der Waals surface area (Å²) in [5.74, 6) is -1.63. The largest absolute Gasteiger partial charge is 0.384 e. The second kappa shape index (κ2) is 9.28. The van der Waals surface area contributed by atoms with Crippen LogP contribution in [-0.2, 0) is 18.4 Å². The van der Waals surface area contributed by atoms with Crippen molar-refractivity contribution in [2.45, 2.75) is 19.9 Å². The maximum absolute atomic E-state index is 13.2. The number of Topliss-reactive ketones (excluding diaryl/α,β-unsaturated/α-hetero) is 1. The molecule has 1 amide bonds. The number of benzene rings is 1. The number of hydrogen-bond donors (Lipinski definition) is 3. The van der Waals surface area contributed by atoms with Gasteiger partial charge < -0.3 is 16.0 Å². The number of halogens is 1. The second-order valence-electron chi connectivity index (χ2n) is 6.85. The molecular formula is C19H25FN5O4+. The van der Waals surface area contributed by atoms with E-state index >= 15 is 0 Å². The Morgan fingerprint density at radius 2 is 1.93 bits per heavy atom. The number of ketones is 1. The van der Waals surface area contributed by atoms with Gasteiger partial charge in [0.2, 0.25) is 5.78 Å². The SMILES string of the molecule is CCCn1c(N)c(C(=O)C[NH+](C)CC(=O)Nc2cccc(F)c2)c(=O)n(C)c1=O. The lowest BCUT2D eigenvalue weighted by molar-refractivity contribution is -0.861. The maximum Gasteiger partial charge on any atom is 0.332 e. The fourth-order valence-corrected chi connectivity index (χ4v) is 2.96. The molecule has 1 aromatic heterocycles. The van der Waals surface area contributed by atoms with Crippen LogP contribution in [0.3, 0.4) is 0 Å². The Morgan fingerprint density at radius 3 is 2.55 bits per heavy atom. The predicted molar refractivity (Wildman–Crippen MR) is 107 cm³/mol. The quantitative estimate of drug-likeness (QED) is 0.487. The molecule has 1 aromatic carbocycles. The number of quaternary nitrogens is 1. The average molecular weight is 406 g/mol. The van der Waals surface area contributed by atoms with E-state index in [1.165, 1.54) is 29.8 Å². The molecule has 0 fully saturated rings. The summed E-state index contributed by atoms with van der Waals surface area (Å²) in [6.45, 7) is 1.85. The minimum Gasteiger partial charge on any atom is -0.384 e. The molecule has 0 bridgehead atoms. The zero-order valence-corrected chi connectivity index (χ0v) is 16.6. The maximum atomic E-state index is 13.2. The lowest BCUT2D eigenvalue weighted by Gasteiger charge is -2.16. The predicted octanol–water partition coefficient (Wildman–Crippen LogP) is -0.986. The van der Waals surface area contributed by atoms with E-state index in [0.717, 1.165) is 4.57 Å². The van der Waals surface area contributed by atoms with Crippen molar-refractivity contribution in [2.24, 2.45) is 7.05 Å². The van der Waals surface area contributed by atoms with E-state index in [1.807, 2.05) is 6.92 Å². The minimum atomic E-state index is -0.762. The van der Waals surface area contributed by atoms with Gasteiger partial charge in [-0.15, -0.1) is 0 Å². The standard InChI is InChI=1S/C19H24FN5O4/c1-4-8-25-17(21)16(18(28)24(3)19(25)29)14(26)10-23(2)11-15(27)22-13-7-5-6-12(20)9-13/h5-7,9H,4,8,10-11,21H2,1-3H3,(H,22,27)/p+1. The number of carbonyl (C=O) groups is 2. The Hall–Kier alpha value is -3.27. The molecule has 2 aromatic rings.